The maximum absolute atomic E-state index is 12.5. The Balaban J connectivity index is 1.45. The van der Waals surface area contributed by atoms with Crippen LogP contribution in [0.2, 0.25) is 0 Å². The number of rotatable bonds is 3. The van der Waals surface area contributed by atoms with E-state index in [4.69, 9.17) is 4.74 Å². The summed E-state index contributed by atoms with van der Waals surface area (Å²) in [6.07, 6.45) is 0. The van der Waals surface area contributed by atoms with Crippen molar-refractivity contribution in [2.75, 3.05) is 43.5 Å². The lowest BCUT2D eigenvalue weighted by molar-refractivity contribution is -0.118. The number of ether oxygens (including phenoxy) is 1. The van der Waals surface area contributed by atoms with Crippen LogP contribution < -0.4 is 15.0 Å². The van der Waals surface area contributed by atoms with Gasteiger partial charge in [-0.15, -0.1) is 0 Å². The van der Waals surface area contributed by atoms with Gasteiger partial charge in [0.15, 0.2) is 0 Å². The van der Waals surface area contributed by atoms with Gasteiger partial charge in [-0.1, -0.05) is 36.0 Å². The van der Waals surface area contributed by atoms with E-state index in [0.717, 1.165) is 48.2 Å². The number of para-hydroxylation sites is 3. The lowest BCUT2D eigenvalue weighted by Gasteiger charge is -2.40. The molecule has 5 nitrogen and oxygen atoms in total. The Morgan fingerprint density at radius 2 is 1.76 bits per heavy atom. The number of methoxy groups -OCH3 is 1. The first-order valence-electron chi connectivity index (χ1n) is 8.45. The number of carbonyl (C=O) groups excluding carboxylic acids is 1. The van der Waals surface area contributed by atoms with E-state index in [1.54, 1.807) is 18.9 Å². The predicted molar refractivity (Wildman–Crippen MR) is 101 cm³/mol. The molecular weight excluding hydrogens is 334 g/mol. The Kier molecular flexibility index (Phi) is 4.55. The molecule has 1 fully saturated rings. The molecule has 2 heterocycles. The third-order valence-electron chi connectivity index (χ3n) is 4.68. The molecule has 0 aliphatic carbocycles. The molecule has 1 saturated heterocycles. The third kappa shape index (κ3) is 3.19. The van der Waals surface area contributed by atoms with Crippen molar-refractivity contribution in [2.45, 2.75) is 10.3 Å². The van der Waals surface area contributed by atoms with Gasteiger partial charge in [0.25, 0.3) is 5.91 Å². The van der Waals surface area contributed by atoms with Gasteiger partial charge in [0.1, 0.15) is 11.1 Å². The van der Waals surface area contributed by atoms with E-state index >= 15 is 0 Å². The average molecular weight is 355 g/mol. The standard InChI is InChI=1S/C19H21N3O2S/c1-24-16-8-4-3-7-15(16)21-10-12-22(13-11-21)19-18(23)20-14-6-2-5-9-17(14)25-19/h2-9,19H,10-13H2,1H3,(H,20,23). The summed E-state index contributed by atoms with van der Waals surface area (Å²) in [5, 5.41) is 2.88. The van der Waals surface area contributed by atoms with E-state index in [1.165, 1.54) is 0 Å². The number of piperazine rings is 1. The van der Waals surface area contributed by atoms with Crippen LogP contribution in [-0.2, 0) is 4.79 Å². The molecule has 2 aromatic rings. The number of nitrogens with zero attached hydrogens (tertiary/aromatic N) is 2. The van der Waals surface area contributed by atoms with Crippen LogP contribution in [-0.4, -0.2) is 49.5 Å². The van der Waals surface area contributed by atoms with Gasteiger partial charge in [-0.25, -0.2) is 0 Å². The number of hydrogen-bond donors (Lipinski definition) is 1. The van der Waals surface area contributed by atoms with Gasteiger partial charge >= 0.3 is 0 Å². The molecule has 25 heavy (non-hydrogen) atoms. The number of anilines is 2. The van der Waals surface area contributed by atoms with E-state index in [0.29, 0.717) is 0 Å². The molecule has 0 spiro atoms. The largest absolute Gasteiger partial charge is 0.495 e. The highest BCUT2D eigenvalue weighted by molar-refractivity contribution is 8.00. The van der Waals surface area contributed by atoms with Crippen LogP contribution in [0.15, 0.2) is 53.4 Å². The Morgan fingerprint density at radius 1 is 1.04 bits per heavy atom. The second-order valence-corrected chi connectivity index (χ2v) is 7.27. The maximum Gasteiger partial charge on any atom is 0.252 e. The van der Waals surface area contributed by atoms with Crippen molar-refractivity contribution in [1.82, 2.24) is 4.90 Å². The highest BCUT2D eigenvalue weighted by atomic mass is 32.2. The molecule has 6 heteroatoms. The van der Waals surface area contributed by atoms with Crippen LogP contribution >= 0.6 is 11.8 Å². The summed E-state index contributed by atoms with van der Waals surface area (Å²) in [6.45, 7) is 3.47. The number of amides is 1. The van der Waals surface area contributed by atoms with Crippen molar-refractivity contribution in [1.29, 1.82) is 0 Å². The molecule has 2 aromatic carbocycles. The van der Waals surface area contributed by atoms with Crippen LogP contribution in [0.4, 0.5) is 11.4 Å². The minimum absolute atomic E-state index is 0.0782. The number of fused-ring (bicyclic) bond motifs is 1. The summed E-state index contributed by atoms with van der Waals surface area (Å²) in [5.74, 6) is 0.976. The lowest BCUT2D eigenvalue weighted by atomic mass is 10.2. The fraction of sp³-hybridized carbons (Fsp3) is 0.316. The molecule has 0 saturated carbocycles. The fourth-order valence-electron chi connectivity index (χ4n) is 3.37. The molecule has 4 rings (SSSR count). The Bertz CT molecular complexity index is 775. The third-order valence-corrected chi connectivity index (χ3v) is 6.02. The highest BCUT2D eigenvalue weighted by Crippen LogP contribution is 2.37. The van der Waals surface area contributed by atoms with Gasteiger partial charge in [0, 0.05) is 31.1 Å². The Hall–Kier alpha value is -2.18. The molecular formula is C19H21N3O2S. The van der Waals surface area contributed by atoms with E-state index in [-0.39, 0.29) is 11.3 Å². The Labute approximate surface area is 151 Å². The normalized spacial score (nSPS) is 20.8. The fourth-order valence-corrected chi connectivity index (χ4v) is 4.54. The van der Waals surface area contributed by atoms with Crippen molar-refractivity contribution >= 4 is 29.0 Å². The minimum Gasteiger partial charge on any atom is -0.495 e. The van der Waals surface area contributed by atoms with Crippen molar-refractivity contribution in [3.63, 3.8) is 0 Å². The molecule has 0 aromatic heterocycles. The van der Waals surface area contributed by atoms with Gasteiger partial charge in [-0.2, -0.15) is 0 Å². The number of nitrogens with one attached hydrogen (secondary N) is 1. The summed E-state index contributed by atoms with van der Waals surface area (Å²) in [4.78, 5) is 18.2. The summed E-state index contributed by atoms with van der Waals surface area (Å²) in [7, 11) is 1.70. The first kappa shape index (κ1) is 16.3. The summed E-state index contributed by atoms with van der Waals surface area (Å²) in [5.41, 5.74) is 2.04. The average Bonchev–Trinajstić information content (AvgIpc) is 2.67. The zero-order chi connectivity index (χ0) is 17.2. The lowest BCUT2D eigenvalue weighted by Crippen LogP contribution is -2.53. The number of hydrogen-bond acceptors (Lipinski definition) is 5. The van der Waals surface area contributed by atoms with E-state index in [1.807, 2.05) is 36.4 Å². The van der Waals surface area contributed by atoms with Crippen LogP contribution in [0.1, 0.15) is 0 Å². The van der Waals surface area contributed by atoms with Crippen LogP contribution in [0.25, 0.3) is 0 Å². The first-order valence-corrected chi connectivity index (χ1v) is 9.33. The molecule has 1 N–H and O–H groups in total. The molecule has 2 aliphatic rings. The van der Waals surface area contributed by atoms with Gasteiger partial charge < -0.3 is 15.0 Å². The van der Waals surface area contributed by atoms with Gasteiger partial charge in [0.05, 0.1) is 18.5 Å². The van der Waals surface area contributed by atoms with E-state index < -0.39 is 0 Å². The van der Waals surface area contributed by atoms with Crippen molar-refractivity contribution in [2.24, 2.45) is 0 Å². The molecule has 1 atom stereocenters. The SMILES string of the molecule is COc1ccccc1N1CCN(C2Sc3ccccc3NC2=O)CC1. The van der Waals surface area contributed by atoms with Crippen molar-refractivity contribution in [3.8, 4) is 5.75 Å². The highest BCUT2D eigenvalue weighted by Gasteiger charge is 2.34. The maximum atomic E-state index is 12.5. The minimum atomic E-state index is -0.158. The smallest absolute Gasteiger partial charge is 0.252 e. The molecule has 0 radical (unpaired) electrons. The summed E-state index contributed by atoms with van der Waals surface area (Å²) >= 11 is 1.65. The zero-order valence-electron chi connectivity index (χ0n) is 14.1. The number of thioether (sulfide) groups is 1. The number of benzene rings is 2. The first-order chi connectivity index (χ1) is 12.3. The topological polar surface area (TPSA) is 44.8 Å². The Morgan fingerprint density at radius 3 is 2.56 bits per heavy atom. The monoisotopic (exact) mass is 355 g/mol. The molecule has 1 amide bonds. The molecule has 0 bridgehead atoms. The molecule has 130 valence electrons. The molecule has 2 aliphatic heterocycles. The van der Waals surface area contributed by atoms with Gasteiger partial charge in [-0.05, 0) is 24.3 Å². The van der Waals surface area contributed by atoms with Gasteiger partial charge in [-0.3, -0.25) is 9.69 Å². The van der Waals surface area contributed by atoms with E-state index in [2.05, 4.69) is 27.2 Å². The quantitative estimate of drug-likeness (QED) is 0.917. The van der Waals surface area contributed by atoms with Gasteiger partial charge in [0.2, 0.25) is 0 Å². The summed E-state index contributed by atoms with van der Waals surface area (Å²) < 4.78 is 5.47. The number of carbonyl (C=O) groups is 1. The van der Waals surface area contributed by atoms with Crippen LogP contribution in [0, 0.1) is 0 Å². The second kappa shape index (κ2) is 6.98. The predicted octanol–water partition coefficient (Wildman–Crippen LogP) is 2.89. The van der Waals surface area contributed by atoms with Crippen LogP contribution in [0.5, 0.6) is 5.75 Å². The van der Waals surface area contributed by atoms with Crippen LogP contribution in [0.3, 0.4) is 0 Å². The van der Waals surface area contributed by atoms with Crippen molar-refractivity contribution < 1.29 is 9.53 Å². The summed E-state index contributed by atoms with van der Waals surface area (Å²) in [6, 6.07) is 16.1. The second-order valence-electron chi connectivity index (χ2n) is 6.15. The zero-order valence-corrected chi connectivity index (χ0v) is 15.0. The van der Waals surface area contributed by atoms with Crippen molar-refractivity contribution in [3.05, 3.63) is 48.5 Å². The molecule has 1 unspecified atom stereocenters. The van der Waals surface area contributed by atoms with E-state index in [9.17, 15) is 4.79 Å².